The quantitative estimate of drug-likeness (QED) is 0.801. The van der Waals surface area contributed by atoms with Crippen molar-refractivity contribution in [2.24, 2.45) is 5.92 Å². The summed E-state index contributed by atoms with van der Waals surface area (Å²) in [5.41, 5.74) is 0. The van der Waals surface area contributed by atoms with Gasteiger partial charge in [-0.15, -0.1) is 11.3 Å². The van der Waals surface area contributed by atoms with Crippen molar-refractivity contribution in [3.63, 3.8) is 0 Å². The van der Waals surface area contributed by atoms with Crippen molar-refractivity contribution >= 4 is 11.3 Å². The number of rotatable bonds is 6. The SMILES string of the molecule is CC(C)C(CN(C)C)NCc1cccs1. The van der Waals surface area contributed by atoms with Crippen molar-refractivity contribution in [2.75, 3.05) is 20.6 Å². The van der Waals surface area contributed by atoms with Crippen molar-refractivity contribution in [3.05, 3.63) is 22.4 Å². The first-order chi connectivity index (χ1) is 7.09. The number of nitrogens with one attached hydrogen (secondary N) is 1. The van der Waals surface area contributed by atoms with E-state index in [1.807, 2.05) is 11.3 Å². The van der Waals surface area contributed by atoms with Crippen LogP contribution in [0.5, 0.6) is 0 Å². The molecular formula is C12H22N2S. The minimum Gasteiger partial charge on any atom is -0.308 e. The summed E-state index contributed by atoms with van der Waals surface area (Å²) in [4.78, 5) is 3.66. The van der Waals surface area contributed by atoms with Crippen LogP contribution in [0.25, 0.3) is 0 Å². The van der Waals surface area contributed by atoms with E-state index in [0.717, 1.165) is 13.1 Å². The van der Waals surface area contributed by atoms with Crippen molar-refractivity contribution in [1.29, 1.82) is 0 Å². The molecule has 0 aliphatic carbocycles. The Labute approximate surface area is 97.3 Å². The molecule has 1 rings (SSSR count). The molecule has 1 aromatic heterocycles. The molecular weight excluding hydrogens is 204 g/mol. The standard InChI is InChI=1S/C12H22N2S/c1-10(2)12(9-14(3)4)13-8-11-6-5-7-15-11/h5-7,10,12-13H,8-9H2,1-4H3. The minimum atomic E-state index is 0.571. The zero-order valence-corrected chi connectivity index (χ0v) is 11.0. The van der Waals surface area contributed by atoms with Crippen LogP contribution in [-0.2, 0) is 6.54 Å². The highest BCUT2D eigenvalue weighted by molar-refractivity contribution is 7.09. The molecule has 86 valence electrons. The molecule has 15 heavy (non-hydrogen) atoms. The third kappa shape index (κ3) is 4.78. The van der Waals surface area contributed by atoms with E-state index in [9.17, 15) is 0 Å². The van der Waals surface area contributed by atoms with Crippen molar-refractivity contribution < 1.29 is 0 Å². The first kappa shape index (κ1) is 12.7. The molecule has 1 N–H and O–H groups in total. The molecule has 0 aliphatic rings. The molecule has 3 heteroatoms. The molecule has 0 bridgehead atoms. The summed E-state index contributed by atoms with van der Waals surface area (Å²) in [6, 6.07) is 4.87. The van der Waals surface area contributed by atoms with Gasteiger partial charge in [0.05, 0.1) is 0 Å². The molecule has 0 fully saturated rings. The zero-order chi connectivity index (χ0) is 11.3. The molecule has 0 aromatic carbocycles. The van der Waals surface area contributed by atoms with Crippen molar-refractivity contribution in [3.8, 4) is 0 Å². The van der Waals surface area contributed by atoms with Crippen LogP contribution in [0.1, 0.15) is 18.7 Å². The van der Waals surface area contributed by atoms with Gasteiger partial charge in [-0.3, -0.25) is 0 Å². The highest BCUT2D eigenvalue weighted by Gasteiger charge is 2.13. The molecule has 0 spiro atoms. The predicted molar refractivity (Wildman–Crippen MR) is 68.3 cm³/mol. The van der Waals surface area contributed by atoms with Gasteiger partial charge in [0, 0.05) is 24.0 Å². The highest BCUT2D eigenvalue weighted by atomic mass is 32.1. The number of hydrogen-bond donors (Lipinski definition) is 1. The molecule has 0 radical (unpaired) electrons. The van der Waals surface area contributed by atoms with Crippen LogP contribution in [0.4, 0.5) is 0 Å². The second-order valence-electron chi connectivity index (χ2n) is 4.57. The van der Waals surface area contributed by atoms with Crippen LogP contribution in [-0.4, -0.2) is 31.6 Å². The van der Waals surface area contributed by atoms with E-state index >= 15 is 0 Å². The maximum Gasteiger partial charge on any atom is 0.0302 e. The molecule has 0 saturated heterocycles. The van der Waals surface area contributed by atoms with Gasteiger partial charge in [0.15, 0.2) is 0 Å². The largest absolute Gasteiger partial charge is 0.308 e. The van der Waals surface area contributed by atoms with E-state index in [2.05, 4.69) is 55.7 Å². The predicted octanol–water partition coefficient (Wildman–Crippen LogP) is 2.42. The average molecular weight is 226 g/mol. The Balaban J connectivity index is 2.38. The van der Waals surface area contributed by atoms with Gasteiger partial charge in [-0.05, 0) is 31.5 Å². The fourth-order valence-electron chi connectivity index (χ4n) is 1.55. The molecule has 0 saturated carbocycles. The Morgan fingerprint density at radius 2 is 2.13 bits per heavy atom. The lowest BCUT2D eigenvalue weighted by atomic mass is 10.0. The molecule has 0 aliphatic heterocycles. The summed E-state index contributed by atoms with van der Waals surface area (Å²) < 4.78 is 0. The number of hydrogen-bond acceptors (Lipinski definition) is 3. The van der Waals surface area contributed by atoms with E-state index in [-0.39, 0.29) is 0 Å². The normalized spacial score (nSPS) is 13.7. The lowest BCUT2D eigenvalue weighted by Gasteiger charge is -2.25. The second kappa shape index (κ2) is 6.26. The summed E-state index contributed by atoms with van der Waals surface area (Å²) in [6.45, 7) is 6.64. The Bertz CT molecular complexity index is 255. The maximum atomic E-state index is 3.62. The third-order valence-electron chi connectivity index (χ3n) is 2.49. The molecule has 1 aromatic rings. The second-order valence-corrected chi connectivity index (χ2v) is 5.61. The summed E-state index contributed by atoms with van der Waals surface area (Å²) in [6.07, 6.45) is 0. The first-order valence-electron chi connectivity index (χ1n) is 5.50. The first-order valence-corrected chi connectivity index (χ1v) is 6.38. The summed E-state index contributed by atoms with van der Waals surface area (Å²) in [7, 11) is 4.25. The summed E-state index contributed by atoms with van der Waals surface area (Å²) >= 11 is 1.82. The Morgan fingerprint density at radius 1 is 1.40 bits per heavy atom. The molecule has 2 nitrogen and oxygen atoms in total. The van der Waals surface area contributed by atoms with E-state index in [1.54, 1.807) is 0 Å². The fourth-order valence-corrected chi connectivity index (χ4v) is 2.21. The van der Waals surface area contributed by atoms with Gasteiger partial charge in [-0.25, -0.2) is 0 Å². The summed E-state index contributed by atoms with van der Waals surface area (Å²) in [5, 5.41) is 5.75. The maximum absolute atomic E-state index is 3.62. The minimum absolute atomic E-state index is 0.571. The van der Waals surface area contributed by atoms with Crippen LogP contribution in [0.15, 0.2) is 17.5 Å². The lowest BCUT2D eigenvalue weighted by molar-refractivity contribution is 0.288. The van der Waals surface area contributed by atoms with Gasteiger partial charge in [0.1, 0.15) is 0 Å². The number of thiophene rings is 1. The molecule has 1 heterocycles. The average Bonchev–Trinajstić information content (AvgIpc) is 2.63. The van der Waals surface area contributed by atoms with Gasteiger partial charge >= 0.3 is 0 Å². The van der Waals surface area contributed by atoms with Crippen LogP contribution in [0.3, 0.4) is 0 Å². The number of nitrogens with zero attached hydrogens (tertiary/aromatic N) is 1. The van der Waals surface area contributed by atoms with Crippen LogP contribution in [0.2, 0.25) is 0 Å². The van der Waals surface area contributed by atoms with Gasteiger partial charge in [0.25, 0.3) is 0 Å². The van der Waals surface area contributed by atoms with Crippen LogP contribution < -0.4 is 5.32 Å². The number of likely N-dealkylation sites (N-methyl/N-ethyl adjacent to an activating group) is 1. The Hall–Kier alpha value is -0.380. The van der Waals surface area contributed by atoms with E-state index in [1.165, 1.54) is 4.88 Å². The van der Waals surface area contributed by atoms with Crippen molar-refractivity contribution in [1.82, 2.24) is 10.2 Å². The van der Waals surface area contributed by atoms with Gasteiger partial charge in [-0.2, -0.15) is 0 Å². The molecule has 1 unspecified atom stereocenters. The van der Waals surface area contributed by atoms with E-state index in [4.69, 9.17) is 0 Å². The van der Waals surface area contributed by atoms with E-state index in [0.29, 0.717) is 12.0 Å². The Morgan fingerprint density at radius 3 is 2.60 bits per heavy atom. The van der Waals surface area contributed by atoms with Gasteiger partial charge in [0.2, 0.25) is 0 Å². The highest BCUT2D eigenvalue weighted by Crippen LogP contribution is 2.10. The van der Waals surface area contributed by atoms with Crippen LogP contribution >= 0.6 is 11.3 Å². The monoisotopic (exact) mass is 226 g/mol. The molecule has 0 amide bonds. The smallest absolute Gasteiger partial charge is 0.0302 e. The third-order valence-corrected chi connectivity index (χ3v) is 3.36. The van der Waals surface area contributed by atoms with E-state index < -0.39 is 0 Å². The van der Waals surface area contributed by atoms with Crippen LogP contribution in [0, 0.1) is 5.92 Å². The zero-order valence-electron chi connectivity index (χ0n) is 10.2. The lowest BCUT2D eigenvalue weighted by Crippen LogP contribution is -2.41. The van der Waals surface area contributed by atoms with Gasteiger partial charge in [-0.1, -0.05) is 19.9 Å². The van der Waals surface area contributed by atoms with Gasteiger partial charge < -0.3 is 10.2 Å². The van der Waals surface area contributed by atoms with Crippen molar-refractivity contribution in [2.45, 2.75) is 26.4 Å². The Kier molecular flexibility index (Phi) is 5.29. The topological polar surface area (TPSA) is 15.3 Å². The fraction of sp³-hybridized carbons (Fsp3) is 0.667. The molecule has 1 atom stereocenters. The summed E-state index contributed by atoms with van der Waals surface area (Å²) in [5.74, 6) is 0.673.